The standard InChI is InChI=1S/C10H11F3N4O3/c11-10(12,13)9(20)14-3-6-4-17(16-15-6)7-1-5(2-7)8(18)19/h4-5,7H,1-3H2,(H,14,20)(H,18,19). The zero-order valence-corrected chi connectivity index (χ0v) is 10.1. The van der Waals surface area contributed by atoms with Crippen molar-refractivity contribution >= 4 is 11.9 Å². The third-order valence-corrected chi connectivity index (χ3v) is 3.08. The molecule has 1 saturated carbocycles. The van der Waals surface area contributed by atoms with Gasteiger partial charge in [-0.15, -0.1) is 5.10 Å². The van der Waals surface area contributed by atoms with Gasteiger partial charge in [0.05, 0.1) is 24.7 Å². The molecule has 20 heavy (non-hydrogen) atoms. The molecule has 1 heterocycles. The maximum atomic E-state index is 12.0. The van der Waals surface area contributed by atoms with Gasteiger partial charge in [0.1, 0.15) is 5.69 Å². The number of aromatic nitrogens is 3. The summed E-state index contributed by atoms with van der Waals surface area (Å²) >= 11 is 0. The summed E-state index contributed by atoms with van der Waals surface area (Å²) in [5.74, 6) is -3.33. The van der Waals surface area contributed by atoms with E-state index in [1.165, 1.54) is 10.9 Å². The number of carboxylic acids is 1. The lowest BCUT2D eigenvalue weighted by molar-refractivity contribution is -0.173. The number of rotatable bonds is 4. The number of carbonyl (C=O) groups is 2. The molecule has 0 spiro atoms. The molecule has 110 valence electrons. The summed E-state index contributed by atoms with van der Waals surface area (Å²) in [6.07, 6.45) is -2.71. The van der Waals surface area contributed by atoms with E-state index in [9.17, 15) is 22.8 Å². The SMILES string of the molecule is O=C(O)C1CC(n2cc(CNC(=O)C(F)(F)F)nn2)C1. The summed E-state index contributed by atoms with van der Waals surface area (Å²) in [6, 6.07) is -0.115. The van der Waals surface area contributed by atoms with E-state index in [4.69, 9.17) is 5.11 Å². The van der Waals surface area contributed by atoms with Gasteiger partial charge in [0.2, 0.25) is 0 Å². The van der Waals surface area contributed by atoms with Crippen LogP contribution in [0.25, 0.3) is 0 Å². The van der Waals surface area contributed by atoms with Crippen LogP contribution in [-0.2, 0) is 16.1 Å². The average Bonchev–Trinajstić information content (AvgIpc) is 2.70. The Kier molecular flexibility index (Phi) is 3.64. The lowest BCUT2D eigenvalue weighted by atomic mass is 9.80. The first kappa shape index (κ1) is 14.3. The second kappa shape index (κ2) is 5.10. The number of carboxylic acid groups (broad SMARTS) is 1. The predicted octanol–water partition coefficient (Wildman–Crippen LogP) is 0.492. The Hall–Kier alpha value is -2.13. The van der Waals surface area contributed by atoms with Crippen molar-refractivity contribution in [1.29, 1.82) is 0 Å². The van der Waals surface area contributed by atoms with E-state index < -0.39 is 24.0 Å². The summed E-state index contributed by atoms with van der Waals surface area (Å²) in [5.41, 5.74) is 0.182. The average molecular weight is 292 g/mol. The van der Waals surface area contributed by atoms with Crippen LogP contribution in [0.4, 0.5) is 13.2 Å². The molecule has 1 aliphatic rings. The van der Waals surface area contributed by atoms with Gasteiger partial charge in [-0.25, -0.2) is 4.68 Å². The monoisotopic (exact) mass is 292 g/mol. The predicted molar refractivity (Wildman–Crippen MR) is 57.3 cm³/mol. The van der Waals surface area contributed by atoms with Crippen LogP contribution >= 0.6 is 0 Å². The lowest BCUT2D eigenvalue weighted by Gasteiger charge is -2.31. The van der Waals surface area contributed by atoms with E-state index >= 15 is 0 Å². The van der Waals surface area contributed by atoms with Crippen LogP contribution in [0, 0.1) is 5.92 Å². The Morgan fingerprint density at radius 1 is 1.45 bits per heavy atom. The zero-order valence-electron chi connectivity index (χ0n) is 10.1. The third kappa shape index (κ3) is 3.06. The number of hydrogen-bond acceptors (Lipinski definition) is 4. The Bertz CT molecular complexity index is 522. The van der Waals surface area contributed by atoms with Gasteiger partial charge < -0.3 is 10.4 Å². The van der Waals surface area contributed by atoms with Gasteiger partial charge in [-0.3, -0.25) is 9.59 Å². The maximum absolute atomic E-state index is 12.0. The highest BCUT2D eigenvalue weighted by Crippen LogP contribution is 2.37. The van der Waals surface area contributed by atoms with Crippen molar-refractivity contribution in [3.63, 3.8) is 0 Å². The van der Waals surface area contributed by atoms with Crippen LogP contribution in [0.15, 0.2) is 6.20 Å². The molecular weight excluding hydrogens is 281 g/mol. The molecule has 1 aliphatic carbocycles. The molecule has 1 amide bonds. The molecule has 2 rings (SSSR count). The summed E-state index contributed by atoms with van der Waals surface area (Å²) in [4.78, 5) is 21.2. The summed E-state index contributed by atoms with van der Waals surface area (Å²) in [7, 11) is 0. The second-order valence-electron chi connectivity index (χ2n) is 4.53. The first-order chi connectivity index (χ1) is 9.27. The maximum Gasteiger partial charge on any atom is 0.471 e. The van der Waals surface area contributed by atoms with Crippen molar-refractivity contribution in [2.45, 2.75) is 31.6 Å². The molecule has 7 nitrogen and oxygen atoms in total. The number of halogens is 3. The van der Waals surface area contributed by atoms with Crippen molar-refractivity contribution < 1.29 is 27.9 Å². The largest absolute Gasteiger partial charge is 0.481 e. The Labute approximate surface area is 110 Å². The van der Waals surface area contributed by atoms with Crippen LogP contribution in [0.2, 0.25) is 0 Å². The van der Waals surface area contributed by atoms with Gasteiger partial charge in [0.15, 0.2) is 0 Å². The van der Waals surface area contributed by atoms with E-state index in [0.717, 1.165) is 0 Å². The van der Waals surface area contributed by atoms with Crippen molar-refractivity contribution in [2.75, 3.05) is 0 Å². The van der Waals surface area contributed by atoms with Crippen molar-refractivity contribution in [3.8, 4) is 0 Å². The van der Waals surface area contributed by atoms with Gasteiger partial charge in [0.25, 0.3) is 0 Å². The number of aliphatic carboxylic acids is 1. The number of nitrogens with zero attached hydrogens (tertiary/aromatic N) is 3. The normalized spacial score (nSPS) is 22.1. The Balaban J connectivity index is 1.85. The first-order valence-electron chi connectivity index (χ1n) is 5.76. The molecule has 1 aromatic rings. The van der Waals surface area contributed by atoms with E-state index in [-0.39, 0.29) is 18.3 Å². The van der Waals surface area contributed by atoms with Crippen LogP contribution in [-0.4, -0.2) is 38.2 Å². The fourth-order valence-electron chi connectivity index (χ4n) is 1.85. The van der Waals surface area contributed by atoms with Crippen LogP contribution < -0.4 is 5.32 Å². The summed E-state index contributed by atoms with van der Waals surface area (Å²) in [6.45, 7) is -0.382. The van der Waals surface area contributed by atoms with Gasteiger partial charge in [-0.05, 0) is 12.8 Å². The molecule has 0 radical (unpaired) electrons. The molecule has 2 N–H and O–H groups in total. The minimum atomic E-state index is -4.93. The van der Waals surface area contributed by atoms with E-state index in [0.29, 0.717) is 12.8 Å². The molecule has 0 saturated heterocycles. The van der Waals surface area contributed by atoms with E-state index in [2.05, 4.69) is 10.3 Å². The third-order valence-electron chi connectivity index (χ3n) is 3.08. The molecule has 1 fully saturated rings. The van der Waals surface area contributed by atoms with Gasteiger partial charge >= 0.3 is 18.1 Å². The number of amides is 1. The fourth-order valence-corrected chi connectivity index (χ4v) is 1.85. The van der Waals surface area contributed by atoms with E-state index in [1.807, 2.05) is 0 Å². The highest BCUT2D eigenvalue weighted by atomic mass is 19.4. The van der Waals surface area contributed by atoms with Crippen LogP contribution in [0.1, 0.15) is 24.6 Å². The molecule has 1 aromatic heterocycles. The molecule has 0 aliphatic heterocycles. The van der Waals surface area contributed by atoms with Gasteiger partial charge in [-0.2, -0.15) is 13.2 Å². The topological polar surface area (TPSA) is 97.1 Å². The van der Waals surface area contributed by atoms with Gasteiger partial charge in [-0.1, -0.05) is 5.21 Å². The molecular formula is C10H11F3N4O3. The Morgan fingerprint density at radius 2 is 2.10 bits per heavy atom. The van der Waals surface area contributed by atoms with E-state index in [1.54, 1.807) is 5.32 Å². The second-order valence-corrected chi connectivity index (χ2v) is 4.53. The van der Waals surface area contributed by atoms with Crippen LogP contribution in [0.3, 0.4) is 0 Å². The van der Waals surface area contributed by atoms with Crippen molar-refractivity contribution in [2.24, 2.45) is 5.92 Å². The molecule has 0 bridgehead atoms. The number of hydrogen-bond donors (Lipinski definition) is 2. The zero-order chi connectivity index (χ0) is 14.9. The molecule has 0 atom stereocenters. The fraction of sp³-hybridized carbons (Fsp3) is 0.600. The molecule has 0 aromatic carbocycles. The first-order valence-corrected chi connectivity index (χ1v) is 5.76. The number of carbonyl (C=O) groups excluding carboxylic acids is 1. The summed E-state index contributed by atoms with van der Waals surface area (Å²) < 4.78 is 37.3. The van der Waals surface area contributed by atoms with Gasteiger partial charge in [0, 0.05) is 0 Å². The van der Waals surface area contributed by atoms with Crippen molar-refractivity contribution in [1.82, 2.24) is 20.3 Å². The van der Waals surface area contributed by atoms with Crippen LogP contribution in [0.5, 0.6) is 0 Å². The minimum Gasteiger partial charge on any atom is -0.481 e. The highest BCUT2D eigenvalue weighted by Gasteiger charge is 2.39. The number of alkyl halides is 3. The number of nitrogens with one attached hydrogen (secondary N) is 1. The van der Waals surface area contributed by atoms with Crippen molar-refractivity contribution in [3.05, 3.63) is 11.9 Å². The Morgan fingerprint density at radius 3 is 2.65 bits per heavy atom. The quantitative estimate of drug-likeness (QED) is 0.842. The lowest BCUT2D eigenvalue weighted by Crippen LogP contribution is -2.36. The summed E-state index contributed by atoms with van der Waals surface area (Å²) in [5, 5.41) is 17.7. The smallest absolute Gasteiger partial charge is 0.471 e. The minimum absolute atomic E-state index is 0.115. The highest BCUT2D eigenvalue weighted by molar-refractivity contribution is 5.81. The molecule has 10 heteroatoms. The molecule has 0 unspecified atom stereocenters.